The van der Waals surface area contributed by atoms with Crippen molar-refractivity contribution in [3.05, 3.63) is 33.9 Å². The van der Waals surface area contributed by atoms with Crippen LogP contribution in [-0.4, -0.2) is 30.2 Å². The van der Waals surface area contributed by atoms with Crippen LogP contribution in [0.2, 0.25) is 0 Å². The molecule has 1 aromatic carbocycles. The molecule has 0 bridgehead atoms. The topological polar surface area (TPSA) is 79.4 Å². The van der Waals surface area contributed by atoms with Crippen LogP contribution < -0.4 is 4.90 Å². The summed E-state index contributed by atoms with van der Waals surface area (Å²) in [4.78, 5) is 12.8. The van der Waals surface area contributed by atoms with Gasteiger partial charge in [-0.05, 0) is 25.0 Å². The molecule has 2 atom stereocenters. The first-order chi connectivity index (χ1) is 10.2. The molecule has 0 amide bonds. The van der Waals surface area contributed by atoms with Gasteiger partial charge in [-0.3, -0.25) is 10.1 Å². The standard InChI is InChI=1S/C15H17N3O3/c16-10-11-5-6-12(9-14(11)18(19)20)17-7-8-21-15-4-2-1-3-13(15)17/h5-6,9,13,15H,1-4,7-8H2. The van der Waals surface area contributed by atoms with Crippen molar-refractivity contribution in [1.29, 1.82) is 5.26 Å². The van der Waals surface area contributed by atoms with E-state index in [4.69, 9.17) is 10.00 Å². The maximum atomic E-state index is 11.1. The first-order valence-electron chi connectivity index (χ1n) is 7.27. The molecule has 1 aliphatic heterocycles. The van der Waals surface area contributed by atoms with Crippen LogP contribution in [0.5, 0.6) is 0 Å². The number of morpholine rings is 1. The zero-order valence-corrected chi connectivity index (χ0v) is 11.7. The smallest absolute Gasteiger partial charge is 0.289 e. The third-order valence-electron chi connectivity index (χ3n) is 4.36. The molecule has 21 heavy (non-hydrogen) atoms. The van der Waals surface area contributed by atoms with Gasteiger partial charge in [0.2, 0.25) is 0 Å². The first-order valence-corrected chi connectivity index (χ1v) is 7.27. The average molecular weight is 287 g/mol. The molecule has 6 heteroatoms. The van der Waals surface area contributed by atoms with Gasteiger partial charge in [-0.1, -0.05) is 12.8 Å². The van der Waals surface area contributed by atoms with E-state index in [-0.39, 0.29) is 17.4 Å². The van der Waals surface area contributed by atoms with Gasteiger partial charge in [0.05, 0.1) is 23.7 Å². The van der Waals surface area contributed by atoms with E-state index in [1.165, 1.54) is 18.9 Å². The molecule has 1 saturated heterocycles. The fraction of sp³-hybridized carbons (Fsp3) is 0.533. The number of anilines is 1. The largest absolute Gasteiger partial charge is 0.374 e. The molecule has 1 aliphatic carbocycles. The summed E-state index contributed by atoms with van der Waals surface area (Å²) in [5.41, 5.74) is 0.812. The van der Waals surface area contributed by atoms with Crippen LogP contribution in [0.25, 0.3) is 0 Å². The van der Waals surface area contributed by atoms with E-state index in [1.807, 2.05) is 12.1 Å². The van der Waals surface area contributed by atoms with E-state index in [1.54, 1.807) is 6.07 Å². The zero-order valence-electron chi connectivity index (χ0n) is 11.7. The molecule has 1 saturated carbocycles. The van der Waals surface area contributed by atoms with Crippen molar-refractivity contribution in [1.82, 2.24) is 0 Å². The van der Waals surface area contributed by atoms with Gasteiger partial charge in [0, 0.05) is 18.3 Å². The lowest BCUT2D eigenvalue weighted by molar-refractivity contribution is -0.385. The second-order valence-electron chi connectivity index (χ2n) is 5.52. The van der Waals surface area contributed by atoms with Crippen LogP contribution >= 0.6 is 0 Å². The summed E-state index contributed by atoms with van der Waals surface area (Å²) in [5.74, 6) is 0. The van der Waals surface area contributed by atoms with Gasteiger partial charge < -0.3 is 9.64 Å². The van der Waals surface area contributed by atoms with E-state index in [0.29, 0.717) is 12.6 Å². The number of nitro benzene ring substituents is 1. The molecule has 0 spiro atoms. The summed E-state index contributed by atoms with van der Waals surface area (Å²) in [7, 11) is 0. The Labute approximate surface area is 123 Å². The highest BCUT2D eigenvalue weighted by Crippen LogP contribution is 2.34. The van der Waals surface area contributed by atoms with Crippen molar-refractivity contribution in [2.75, 3.05) is 18.1 Å². The summed E-state index contributed by atoms with van der Waals surface area (Å²) in [6, 6.07) is 7.04. The summed E-state index contributed by atoms with van der Waals surface area (Å²) in [6.45, 7) is 1.39. The van der Waals surface area contributed by atoms with Crippen LogP contribution in [0, 0.1) is 21.4 Å². The Hall–Kier alpha value is -2.13. The predicted molar refractivity (Wildman–Crippen MR) is 77.2 cm³/mol. The molecule has 1 heterocycles. The number of rotatable bonds is 2. The van der Waals surface area contributed by atoms with Crippen molar-refractivity contribution in [3.8, 4) is 6.07 Å². The normalized spacial score (nSPS) is 25.0. The maximum absolute atomic E-state index is 11.1. The molecule has 0 radical (unpaired) electrons. The highest BCUT2D eigenvalue weighted by Gasteiger charge is 2.34. The number of nitro groups is 1. The molecule has 2 fully saturated rings. The van der Waals surface area contributed by atoms with Crippen LogP contribution in [-0.2, 0) is 4.74 Å². The van der Waals surface area contributed by atoms with E-state index in [0.717, 1.165) is 25.1 Å². The number of ether oxygens (including phenoxy) is 1. The van der Waals surface area contributed by atoms with Crippen molar-refractivity contribution in [2.45, 2.75) is 37.8 Å². The fourth-order valence-corrected chi connectivity index (χ4v) is 3.36. The molecular formula is C15H17N3O3. The molecular weight excluding hydrogens is 270 g/mol. The van der Waals surface area contributed by atoms with Crippen molar-refractivity contribution >= 4 is 11.4 Å². The lowest BCUT2D eigenvalue weighted by Crippen LogP contribution is -2.52. The third kappa shape index (κ3) is 2.57. The van der Waals surface area contributed by atoms with Crippen molar-refractivity contribution < 1.29 is 9.66 Å². The SMILES string of the molecule is N#Cc1ccc(N2CCOC3CCCCC32)cc1[N+](=O)[O-]. The van der Waals surface area contributed by atoms with Gasteiger partial charge in [0.15, 0.2) is 0 Å². The Balaban J connectivity index is 1.94. The van der Waals surface area contributed by atoms with Crippen molar-refractivity contribution in [3.63, 3.8) is 0 Å². The highest BCUT2D eigenvalue weighted by atomic mass is 16.6. The molecule has 3 rings (SSSR count). The molecule has 0 aromatic heterocycles. The maximum Gasteiger partial charge on any atom is 0.289 e. The first kappa shape index (κ1) is 13.8. The second kappa shape index (κ2) is 5.70. The summed E-state index contributed by atoms with van der Waals surface area (Å²) < 4.78 is 5.83. The third-order valence-corrected chi connectivity index (χ3v) is 4.36. The minimum Gasteiger partial charge on any atom is -0.374 e. The Kier molecular flexibility index (Phi) is 3.76. The molecule has 2 aliphatic rings. The Morgan fingerprint density at radius 2 is 2.19 bits per heavy atom. The van der Waals surface area contributed by atoms with Gasteiger partial charge in [-0.15, -0.1) is 0 Å². The fourth-order valence-electron chi connectivity index (χ4n) is 3.36. The molecule has 6 nitrogen and oxygen atoms in total. The molecule has 2 unspecified atom stereocenters. The number of hydrogen-bond acceptors (Lipinski definition) is 5. The monoisotopic (exact) mass is 287 g/mol. The zero-order chi connectivity index (χ0) is 14.8. The van der Waals surface area contributed by atoms with Crippen molar-refractivity contribution in [2.24, 2.45) is 0 Å². The Morgan fingerprint density at radius 1 is 1.38 bits per heavy atom. The van der Waals surface area contributed by atoms with Crippen LogP contribution in [0.1, 0.15) is 31.2 Å². The summed E-state index contributed by atoms with van der Waals surface area (Å²) in [5, 5.41) is 20.1. The van der Waals surface area contributed by atoms with Gasteiger partial charge in [-0.2, -0.15) is 5.26 Å². The van der Waals surface area contributed by atoms with Crippen LogP contribution in [0.3, 0.4) is 0 Å². The number of benzene rings is 1. The Morgan fingerprint density at radius 3 is 2.95 bits per heavy atom. The van der Waals surface area contributed by atoms with E-state index in [9.17, 15) is 10.1 Å². The van der Waals surface area contributed by atoms with Crippen LogP contribution in [0.15, 0.2) is 18.2 Å². The molecule has 0 N–H and O–H groups in total. The van der Waals surface area contributed by atoms with Gasteiger partial charge in [0.25, 0.3) is 5.69 Å². The quantitative estimate of drug-likeness (QED) is 0.617. The minimum atomic E-state index is -0.485. The van der Waals surface area contributed by atoms with Gasteiger partial charge in [-0.25, -0.2) is 0 Å². The Bertz CT molecular complexity index is 594. The van der Waals surface area contributed by atoms with E-state index in [2.05, 4.69) is 4.90 Å². The number of fused-ring (bicyclic) bond motifs is 1. The minimum absolute atomic E-state index is 0.109. The summed E-state index contributed by atoms with van der Waals surface area (Å²) in [6.07, 6.45) is 4.68. The lowest BCUT2D eigenvalue weighted by atomic mass is 9.89. The molecule has 110 valence electrons. The second-order valence-corrected chi connectivity index (χ2v) is 5.52. The van der Waals surface area contributed by atoms with E-state index < -0.39 is 4.92 Å². The average Bonchev–Trinajstić information content (AvgIpc) is 2.53. The van der Waals surface area contributed by atoms with Gasteiger partial charge >= 0.3 is 0 Å². The van der Waals surface area contributed by atoms with E-state index >= 15 is 0 Å². The van der Waals surface area contributed by atoms with Gasteiger partial charge in [0.1, 0.15) is 11.6 Å². The number of nitrogens with zero attached hydrogens (tertiary/aromatic N) is 3. The highest BCUT2D eigenvalue weighted by molar-refractivity contribution is 5.61. The molecule has 1 aromatic rings. The summed E-state index contributed by atoms with van der Waals surface area (Å²) >= 11 is 0. The number of hydrogen-bond donors (Lipinski definition) is 0. The number of nitriles is 1. The lowest BCUT2D eigenvalue weighted by Gasteiger charge is -2.45. The predicted octanol–water partition coefficient (Wildman–Crippen LogP) is 2.61. The van der Waals surface area contributed by atoms with Crippen LogP contribution in [0.4, 0.5) is 11.4 Å².